The van der Waals surface area contributed by atoms with Crippen LogP contribution in [-0.4, -0.2) is 18.3 Å². The minimum atomic E-state index is -0.294. The van der Waals surface area contributed by atoms with E-state index >= 15 is 0 Å². The molecule has 0 aromatic heterocycles. The number of rotatable bonds is 6. The molecule has 1 unspecified atom stereocenters. The summed E-state index contributed by atoms with van der Waals surface area (Å²) in [6.45, 7) is 9.61. The van der Waals surface area contributed by atoms with Crippen LogP contribution in [-0.2, 0) is 5.54 Å². The van der Waals surface area contributed by atoms with Gasteiger partial charge in [-0.3, -0.25) is 0 Å². The number of aryl methyl sites for hydroxylation is 1. The van der Waals surface area contributed by atoms with E-state index in [1.807, 2.05) is 0 Å². The van der Waals surface area contributed by atoms with Crippen molar-refractivity contribution in [3.05, 3.63) is 35.4 Å². The van der Waals surface area contributed by atoms with Gasteiger partial charge in [-0.25, -0.2) is 0 Å². The fraction of sp³-hybridized carbons (Fsp3) is 0.600. The molecule has 0 aliphatic rings. The van der Waals surface area contributed by atoms with E-state index in [2.05, 4.69) is 57.3 Å². The molecule has 0 bridgehead atoms. The number of aliphatic hydroxyl groups is 1. The third-order valence-electron chi connectivity index (χ3n) is 3.33. The number of aliphatic hydroxyl groups excluding tert-OH is 1. The lowest BCUT2D eigenvalue weighted by Gasteiger charge is -2.33. The molecule has 1 rings (SSSR count). The first kappa shape index (κ1) is 14.2. The third-order valence-corrected chi connectivity index (χ3v) is 3.33. The first-order valence-corrected chi connectivity index (χ1v) is 6.47. The highest BCUT2D eigenvalue weighted by Gasteiger charge is 2.28. The second-order valence-corrected chi connectivity index (χ2v) is 5.23. The van der Waals surface area contributed by atoms with E-state index in [1.54, 1.807) is 0 Å². The zero-order valence-corrected chi connectivity index (χ0v) is 11.5. The molecule has 0 amide bonds. The van der Waals surface area contributed by atoms with E-state index in [-0.39, 0.29) is 12.1 Å². The van der Waals surface area contributed by atoms with Crippen molar-refractivity contribution < 1.29 is 5.11 Å². The predicted octanol–water partition coefficient (Wildman–Crippen LogP) is 2.84. The van der Waals surface area contributed by atoms with Gasteiger partial charge < -0.3 is 10.4 Å². The first-order chi connectivity index (χ1) is 8.04. The van der Waals surface area contributed by atoms with Crippen LogP contribution in [0, 0.1) is 12.8 Å². The van der Waals surface area contributed by atoms with Crippen LogP contribution >= 0.6 is 0 Å². The summed E-state index contributed by atoms with van der Waals surface area (Å²) in [5.74, 6) is 0.581. The van der Waals surface area contributed by atoms with Gasteiger partial charge in [0.05, 0.1) is 12.1 Å². The molecule has 1 aromatic carbocycles. The Labute approximate surface area is 105 Å². The Balaban J connectivity index is 2.93. The van der Waals surface area contributed by atoms with Crippen LogP contribution in [0.2, 0.25) is 0 Å². The normalized spacial score (nSPS) is 14.9. The van der Waals surface area contributed by atoms with Crippen LogP contribution in [0.3, 0.4) is 0 Å². The second-order valence-electron chi connectivity index (χ2n) is 5.23. The minimum Gasteiger partial charge on any atom is -0.394 e. The Morgan fingerprint density at radius 1 is 1.24 bits per heavy atom. The Hall–Kier alpha value is -0.860. The average molecular weight is 235 g/mol. The van der Waals surface area contributed by atoms with Crippen LogP contribution in [0.25, 0.3) is 0 Å². The van der Waals surface area contributed by atoms with Gasteiger partial charge in [0, 0.05) is 0 Å². The Morgan fingerprint density at radius 3 is 2.24 bits per heavy atom. The number of benzene rings is 1. The maximum Gasteiger partial charge on any atom is 0.0666 e. The monoisotopic (exact) mass is 235 g/mol. The smallest absolute Gasteiger partial charge is 0.0666 e. The van der Waals surface area contributed by atoms with Crippen molar-refractivity contribution in [1.29, 1.82) is 0 Å². The topological polar surface area (TPSA) is 32.3 Å². The van der Waals surface area contributed by atoms with Gasteiger partial charge in [0.1, 0.15) is 0 Å². The summed E-state index contributed by atoms with van der Waals surface area (Å²) >= 11 is 0. The van der Waals surface area contributed by atoms with E-state index < -0.39 is 0 Å². The fourth-order valence-corrected chi connectivity index (χ4v) is 1.96. The molecule has 1 aromatic rings. The van der Waals surface area contributed by atoms with Crippen molar-refractivity contribution in [3.63, 3.8) is 0 Å². The maximum absolute atomic E-state index is 9.75. The molecule has 0 heterocycles. The summed E-state index contributed by atoms with van der Waals surface area (Å²) in [5, 5.41) is 13.3. The SMILES string of the molecule is CCC(CO)(NCC(C)C)c1ccc(C)cc1. The minimum absolute atomic E-state index is 0.138. The molecule has 0 aliphatic carbocycles. The van der Waals surface area contributed by atoms with Crippen LogP contribution < -0.4 is 5.32 Å². The maximum atomic E-state index is 9.75. The molecule has 17 heavy (non-hydrogen) atoms. The largest absolute Gasteiger partial charge is 0.394 e. The summed E-state index contributed by atoms with van der Waals surface area (Å²) in [7, 11) is 0. The fourth-order valence-electron chi connectivity index (χ4n) is 1.96. The molecule has 0 spiro atoms. The lowest BCUT2D eigenvalue weighted by Crippen LogP contribution is -2.46. The van der Waals surface area contributed by atoms with Crippen LogP contribution in [0.15, 0.2) is 24.3 Å². The molecule has 0 aliphatic heterocycles. The van der Waals surface area contributed by atoms with Gasteiger partial charge in [-0.05, 0) is 31.4 Å². The number of hydrogen-bond acceptors (Lipinski definition) is 2. The quantitative estimate of drug-likeness (QED) is 0.794. The molecule has 2 nitrogen and oxygen atoms in total. The van der Waals surface area contributed by atoms with Crippen molar-refractivity contribution >= 4 is 0 Å². The van der Waals surface area contributed by atoms with E-state index in [1.165, 1.54) is 11.1 Å². The summed E-state index contributed by atoms with van der Waals surface area (Å²) in [6, 6.07) is 8.43. The molecule has 96 valence electrons. The highest BCUT2D eigenvalue weighted by molar-refractivity contribution is 5.28. The van der Waals surface area contributed by atoms with E-state index in [9.17, 15) is 5.11 Å². The van der Waals surface area contributed by atoms with Crippen LogP contribution in [0.4, 0.5) is 0 Å². The van der Waals surface area contributed by atoms with Gasteiger partial charge in [0.25, 0.3) is 0 Å². The zero-order valence-electron chi connectivity index (χ0n) is 11.5. The lowest BCUT2D eigenvalue weighted by molar-refractivity contribution is 0.151. The molecule has 0 saturated carbocycles. The summed E-state index contributed by atoms with van der Waals surface area (Å²) in [4.78, 5) is 0. The van der Waals surface area contributed by atoms with Crippen LogP contribution in [0.1, 0.15) is 38.3 Å². The summed E-state index contributed by atoms with van der Waals surface area (Å²) in [6.07, 6.45) is 0.888. The highest BCUT2D eigenvalue weighted by Crippen LogP contribution is 2.25. The van der Waals surface area contributed by atoms with Gasteiger partial charge >= 0.3 is 0 Å². The van der Waals surface area contributed by atoms with Gasteiger partial charge in [-0.15, -0.1) is 0 Å². The molecule has 0 radical (unpaired) electrons. The number of hydrogen-bond donors (Lipinski definition) is 2. The number of nitrogens with one attached hydrogen (secondary N) is 1. The van der Waals surface area contributed by atoms with Crippen molar-refractivity contribution in [2.75, 3.05) is 13.2 Å². The van der Waals surface area contributed by atoms with Gasteiger partial charge in [0.2, 0.25) is 0 Å². The highest BCUT2D eigenvalue weighted by atomic mass is 16.3. The Morgan fingerprint density at radius 2 is 1.82 bits per heavy atom. The molecule has 0 fully saturated rings. The standard InChI is InChI=1S/C15H25NO/c1-5-15(11-17,16-10-12(2)3)14-8-6-13(4)7-9-14/h6-9,12,16-17H,5,10-11H2,1-4H3. The molecular weight excluding hydrogens is 210 g/mol. The molecule has 1 atom stereocenters. The Bertz CT molecular complexity index is 325. The van der Waals surface area contributed by atoms with E-state index in [0.717, 1.165) is 13.0 Å². The first-order valence-electron chi connectivity index (χ1n) is 6.47. The van der Waals surface area contributed by atoms with E-state index in [4.69, 9.17) is 0 Å². The summed E-state index contributed by atoms with van der Waals surface area (Å²) in [5.41, 5.74) is 2.13. The lowest BCUT2D eigenvalue weighted by atomic mass is 9.87. The van der Waals surface area contributed by atoms with Crippen molar-refractivity contribution in [3.8, 4) is 0 Å². The molecule has 2 heteroatoms. The van der Waals surface area contributed by atoms with Crippen LogP contribution in [0.5, 0.6) is 0 Å². The zero-order chi connectivity index (χ0) is 12.9. The van der Waals surface area contributed by atoms with E-state index in [0.29, 0.717) is 5.92 Å². The van der Waals surface area contributed by atoms with Gasteiger partial charge in [-0.1, -0.05) is 50.6 Å². The van der Waals surface area contributed by atoms with Crippen molar-refractivity contribution in [1.82, 2.24) is 5.32 Å². The van der Waals surface area contributed by atoms with Crippen molar-refractivity contribution in [2.24, 2.45) is 5.92 Å². The average Bonchev–Trinajstić information content (AvgIpc) is 2.32. The third kappa shape index (κ3) is 3.55. The second kappa shape index (κ2) is 6.18. The molecule has 2 N–H and O–H groups in total. The predicted molar refractivity (Wildman–Crippen MR) is 73.1 cm³/mol. The van der Waals surface area contributed by atoms with Crippen molar-refractivity contribution in [2.45, 2.75) is 39.7 Å². The molecule has 0 saturated heterocycles. The Kier molecular flexibility index (Phi) is 5.16. The van der Waals surface area contributed by atoms with Gasteiger partial charge in [-0.2, -0.15) is 0 Å². The summed E-state index contributed by atoms with van der Waals surface area (Å²) < 4.78 is 0. The molecular formula is C15H25NO. The van der Waals surface area contributed by atoms with Gasteiger partial charge in [0.15, 0.2) is 0 Å².